The highest BCUT2D eigenvalue weighted by Gasteiger charge is 2.03. The maximum Gasteiger partial charge on any atom is 0.0558 e. The maximum atomic E-state index is 8.84. The molecule has 0 aromatic rings. The Morgan fingerprint density at radius 2 is 1.75 bits per heavy atom. The van der Waals surface area contributed by atoms with Gasteiger partial charge in [0.1, 0.15) is 0 Å². The Balaban J connectivity index is 4.08. The van der Waals surface area contributed by atoms with Crippen molar-refractivity contribution in [2.24, 2.45) is 0 Å². The van der Waals surface area contributed by atoms with Crippen LogP contribution in [0.2, 0.25) is 0 Å². The van der Waals surface area contributed by atoms with Gasteiger partial charge in [-0.15, -0.1) is 0 Å². The van der Waals surface area contributed by atoms with Crippen LogP contribution >= 0.6 is 0 Å². The number of aliphatic hydroxyl groups excluding tert-OH is 2. The minimum atomic E-state index is 0.102. The Kier molecular flexibility index (Phi) is 8.81. The van der Waals surface area contributed by atoms with Gasteiger partial charge in [0, 0.05) is 19.6 Å². The maximum absolute atomic E-state index is 8.84. The van der Waals surface area contributed by atoms with Crippen LogP contribution in [0.1, 0.15) is 13.8 Å². The van der Waals surface area contributed by atoms with Crippen molar-refractivity contribution in [3.8, 4) is 0 Å². The summed E-state index contributed by atoms with van der Waals surface area (Å²) in [5, 5.41) is 17.7. The molecule has 0 unspecified atom stereocenters. The van der Waals surface area contributed by atoms with Gasteiger partial charge in [-0.1, -0.05) is 30.4 Å². The highest BCUT2D eigenvalue weighted by molar-refractivity contribution is 5.21. The van der Waals surface area contributed by atoms with Crippen LogP contribution < -0.4 is 0 Å². The summed E-state index contributed by atoms with van der Waals surface area (Å²) in [5.41, 5.74) is 2.21. The molecule has 0 heterocycles. The molecule has 0 spiro atoms. The van der Waals surface area contributed by atoms with Gasteiger partial charge in [-0.3, -0.25) is 4.90 Å². The first-order chi connectivity index (χ1) is 7.60. The van der Waals surface area contributed by atoms with E-state index in [-0.39, 0.29) is 13.2 Å². The fourth-order valence-corrected chi connectivity index (χ4v) is 1.27. The van der Waals surface area contributed by atoms with Crippen LogP contribution in [0.4, 0.5) is 0 Å². The molecule has 3 nitrogen and oxygen atoms in total. The van der Waals surface area contributed by atoms with Gasteiger partial charge in [-0.25, -0.2) is 0 Å². The second-order valence-electron chi connectivity index (χ2n) is 3.98. The van der Waals surface area contributed by atoms with Crippen molar-refractivity contribution in [3.05, 3.63) is 36.0 Å². The van der Waals surface area contributed by atoms with Gasteiger partial charge in [0.25, 0.3) is 0 Å². The van der Waals surface area contributed by atoms with Crippen LogP contribution in [0.15, 0.2) is 36.0 Å². The van der Waals surface area contributed by atoms with E-state index in [1.54, 1.807) is 0 Å². The topological polar surface area (TPSA) is 43.7 Å². The van der Waals surface area contributed by atoms with E-state index in [2.05, 4.69) is 6.58 Å². The van der Waals surface area contributed by atoms with E-state index in [1.807, 2.05) is 37.0 Å². The molecule has 0 aromatic heterocycles. The Bertz CT molecular complexity index is 247. The quantitative estimate of drug-likeness (QED) is 0.613. The highest BCUT2D eigenvalue weighted by atomic mass is 16.3. The van der Waals surface area contributed by atoms with Gasteiger partial charge in [-0.2, -0.15) is 0 Å². The second kappa shape index (κ2) is 9.33. The van der Waals surface area contributed by atoms with Crippen molar-refractivity contribution >= 4 is 0 Å². The van der Waals surface area contributed by atoms with Crippen LogP contribution in [0, 0.1) is 0 Å². The highest BCUT2D eigenvalue weighted by Crippen LogP contribution is 2.00. The smallest absolute Gasteiger partial charge is 0.0558 e. The van der Waals surface area contributed by atoms with E-state index in [4.69, 9.17) is 10.2 Å². The van der Waals surface area contributed by atoms with E-state index in [9.17, 15) is 0 Å². The van der Waals surface area contributed by atoms with Gasteiger partial charge in [0.15, 0.2) is 0 Å². The lowest BCUT2D eigenvalue weighted by atomic mass is 10.2. The van der Waals surface area contributed by atoms with E-state index < -0.39 is 0 Å². The minimum absolute atomic E-state index is 0.102. The molecule has 0 atom stereocenters. The molecule has 0 bridgehead atoms. The summed E-state index contributed by atoms with van der Waals surface area (Å²) in [4.78, 5) is 1.97. The van der Waals surface area contributed by atoms with Crippen LogP contribution in [0.25, 0.3) is 0 Å². The number of nitrogens with zero attached hydrogens (tertiary/aromatic N) is 1. The zero-order valence-corrected chi connectivity index (χ0v) is 10.3. The van der Waals surface area contributed by atoms with Crippen molar-refractivity contribution in [1.29, 1.82) is 0 Å². The molecule has 0 amide bonds. The van der Waals surface area contributed by atoms with Crippen LogP contribution in [0.5, 0.6) is 0 Å². The molecule has 92 valence electrons. The third kappa shape index (κ3) is 8.41. The molecule has 0 saturated carbocycles. The SMILES string of the molecule is C=C(/C=C\C=C(C)C)CN(CCO)CCO. The van der Waals surface area contributed by atoms with Crippen molar-refractivity contribution in [3.63, 3.8) is 0 Å². The van der Waals surface area contributed by atoms with E-state index >= 15 is 0 Å². The normalized spacial score (nSPS) is 11.1. The predicted molar refractivity (Wildman–Crippen MR) is 68.3 cm³/mol. The number of hydrogen-bond donors (Lipinski definition) is 2. The van der Waals surface area contributed by atoms with Gasteiger partial charge >= 0.3 is 0 Å². The van der Waals surface area contributed by atoms with Crippen molar-refractivity contribution in [2.75, 3.05) is 32.8 Å². The number of rotatable bonds is 8. The molecule has 0 aliphatic rings. The number of allylic oxidation sites excluding steroid dienone is 3. The first-order valence-corrected chi connectivity index (χ1v) is 5.53. The Morgan fingerprint density at radius 3 is 2.19 bits per heavy atom. The molecule has 0 aliphatic heterocycles. The molecular formula is C13H23NO2. The first kappa shape index (κ1) is 15.1. The van der Waals surface area contributed by atoms with Crippen LogP contribution in [-0.4, -0.2) is 48.0 Å². The molecule has 0 aromatic carbocycles. The summed E-state index contributed by atoms with van der Waals surface area (Å²) in [6, 6.07) is 0. The van der Waals surface area contributed by atoms with E-state index in [0.717, 1.165) is 5.57 Å². The molecule has 3 heteroatoms. The summed E-state index contributed by atoms with van der Waals surface area (Å²) < 4.78 is 0. The van der Waals surface area contributed by atoms with Crippen LogP contribution in [0.3, 0.4) is 0 Å². The molecule has 0 rings (SSSR count). The zero-order valence-electron chi connectivity index (χ0n) is 10.3. The summed E-state index contributed by atoms with van der Waals surface area (Å²) in [6.45, 7) is 10.0. The molecule has 16 heavy (non-hydrogen) atoms. The fourth-order valence-electron chi connectivity index (χ4n) is 1.27. The average molecular weight is 225 g/mol. The third-order valence-corrected chi connectivity index (χ3v) is 2.02. The first-order valence-electron chi connectivity index (χ1n) is 5.53. The summed E-state index contributed by atoms with van der Waals surface area (Å²) in [5.74, 6) is 0. The van der Waals surface area contributed by atoms with E-state index in [0.29, 0.717) is 19.6 Å². The molecule has 0 fully saturated rings. The Morgan fingerprint density at radius 1 is 1.19 bits per heavy atom. The minimum Gasteiger partial charge on any atom is -0.395 e. The van der Waals surface area contributed by atoms with Gasteiger partial charge in [-0.05, 0) is 19.4 Å². The summed E-state index contributed by atoms with van der Waals surface area (Å²) in [6.07, 6.45) is 5.94. The Labute approximate surface area is 98.4 Å². The van der Waals surface area contributed by atoms with Crippen LogP contribution in [-0.2, 0) is 0 Å². The van der Waals surface area contributed by atoms with Gasteiger partial charge in [0.2, 0.25) is 0 Å². The average Bonchev–Trinajstić information content (AvgIpc) is 2.17. The zero-order chi connectivity index (χ0) is 12.4. The standard InChI is InChI=1S/C13H23NO2/c1-12(2)5-4-6-13(3)11-14(7-9-15)8-10-16/h4-6,15-16H,3,7-11H2,1-2H3/b6-4-. The predicted octanol–water partition coefficient (Wildman–Crippen LogP) is 1.35. The molecule has 0 aliphatic carbocycles. The third-order valence-electron chi connectivity index (χ3n) is 2.02. The van der Waals surface area contributed by atoms with Gasteiger partial charge < -0.3 is 10.2 Å². The lowest BCUT2D eigenvalue weighted by Gasteiger charge is -2.19. The van der Waals surface area contributed by atoms with Crippen molar-refractivity contribution in [1.82, 2.24) is 4.90 Å². The number of aliphatic hydroxyl groups is 2. The lowest BCUT2D eigenvalue weighted by Crippen LogP contribution is -2.31. The molecule has 0 radical (unpaired) electrons. The Hall–Kier alpha value is -0.900. The monoisotopic (exact) mass is 225 g/mol. The molecule has 2 N–H and O–H groups in total. The van der Waals surface area contributed by atoms with Crippen molar-refractivity contribution in [2.45, 2.75) is 13.8 Å². The fraction of sp³-hybridized carbons (Fsp3) is 0.538. The lowest BCUT2D eigenvalue weighted by molar-refractivity contribution is 0.170. The van der Waals surface area contributed by atoms with Crippen molar-refractivity contribution < 1.29 is 10.2 Å². The summed E-state index contributed by atoms with van der Waals surface area (Å²) in [7, 11) is 0. The summed E-state index contributed by atoms with van der Waals surface area (Å²) >= 11 is 0. The molecule has 0 saturated heterocycles. The van der Waals surface area contributed by atoms with E-state index in [1.165, 1.54) is 5.57 Å². The molecular weight excluding hydrogens is 202 g/mol. The van der Waals surface area contributed by atoms with Gasteiger partial charge in [0.05, 0.1) is 13.2 Å². The largest absolute Gasteiger partial charge is 0.395 e. The second-order valence-corrected chi connectivity index (χ2v) is 3.98. The number of hydrogen-bond acceptors (Lipinski definition) is 3.